The average Bonchev–Trinajstić information content (AvgIpc) is 2.27. The van der Waals surface area contributed by atoms with E-state index in [-0.39, 0.29) is 31.6 Å². The molecule has 0 spiro atoms. The number of carbonyl (C=O) groups excluding carboxylic acids is 1. The minimum Gasteiger partial charge on any atom is -0.481 e. The number of carbonyl (C=O) groups is 2. The van der Waals surface area contributed by atoms with Crippen LogP contribution in [-0.4, -0.2) is 58.8 Å². The van der Waals surface area contributed by atoms with E-state index in [0.717, 1.165) is 6.42 Å². The predicted octanol–water partition coefficient (Wildman–Crippen LogP) is 0.305. The van der Waals surface area contributed by atoms with Gasteiger partial charge in [-0.1, -0.05) is 13.8 Å². The van der Waals surface area contributed by atoms with Gasteiger partial charge in [-0.15, -0.1) is 0 Å². The molecule has 3 atom stereocenters. The van der Waals surface area contributed by atoms with Crippen molar-refractivity contribution in [3.05, 3.63) is 0 Å². The van der Waals surface area contributed by atoms with Gasteiger partial charge in [0.2, 0.25) is 5.91 Å². The number of amides is 1. The summed E-state index contributed by atoms with van der Waals surface area (Å²) in [5.74, 6) is -1.62. The Labute approximate surface area is 114 Å². The topological polar surface area (TPSA) is 89.9 Å². The summed E-state index contributed by atoms with van der Waals surface area (Å²) in [6.45, 7) is 7.73. The molecule has 0 rings (SSSR count). The Morgan fingerprint density at radius 1 is 1.21 bits per heavy atom. The number of aliphatic carboxylic acids is 1. The largest absolute Gasteiger partial charge is 0.481 e. The van der Waals surface area contributed by atoms with Crippen LogP contribution in [-0.2, 0) is 9.59 Å². The predicted molar refractivity (Wildman–Crippen MR) is 72.8 cm³/mol. The molecule has 0 aromatic carbocycles. The number of carboxylic acids is 1. The first-order chi connectivity index (χ1) is 8.76. The second-order valence-electron chi connectivity index (χ2n) is 5.16. The molecule has 6 heteroatoms. The number of rotatable bonds is 9. The first-order valence-electron chi connectivity index (χ1n) is 6.68. The Morgan fingerprint density at radius 3 is 2.21 bits per heavy atom. The molecule has 1 amide bonds. The van der Waals surface area contributed by atoms with E-state index in [1.54, 1.807) is 18.7 Å². The van der Waals surface area contributed by atoms with E-state index in [9.17, 15) is 14.7 Å². The number of nitrogens with one attached hydrogen (secondary N) is 1. The SMILES string of the molecule is CCC(C)NC(=O)CN(CC(C)O)CC(C)C(=O)O. The quantitative estimate of drug-likeness (QED) is 0.563. The minimum absolute atomic E-state index is 0.0952. The van der Waals surface area contributed by atoms with E-state index in [4.69, 9.17) is 5.11 Å². The van der Waals surface area contributed by atoms with Crippen LogP contribution in [0.3, 0.4) is 0 Å². The van der Waals surface area contributed by atoms with Gasteiger partial charge in [-0.3, -0.25) is 14.5 Å². The summed E-state index contributed by atoms with van der Waals surface area (Å²) >= 11 is 0. The van der Waals surface area contributed by atoms with Crippen LogP contribution in [0.2, 0.25) is 0 Å². The Bertz CT molecular complexity index is 294. The van der Waals surface area contributed by atoms with Crippen LogP contribution in [0.4, 0.5) is 0 Å². The van der Waals surface area contributed by atoms with Crippen molar-refractivity contribution in [1.82, 2.24) is 10.2 Å². The molecule has 0 aliphatic heterocycles. The van der Waals surface area contributed by atoms with Gasteiger partial charge in [0.05, 0.1) is 18.6 Å². The van der Waals surface area contributed by atoms with Crippen LogP contribution in [0.5, 0.6) is 0 Å². The van der Waals surface area contributed by atoms with Gasteiger partial charge in [-0.05, 0) is 20.3 Å². The van der Waals surface area contributed by atoms with Crippen LogP contribution in [0.15, 0.2) is 0 Å². The molecule has 112 valence electrons. The van der Waals surface area contributed by atoms with Crippen LogP contribution < -0.4 is 5.32 Å². The zero-order chi connectivity index (χ0) is 15.0. The maximum absolute atomic E-state index is 11.8. The van der Waals surface area contributed by atoms with E-state index in [1.807, 2.05) is 13.8 Å². The Hall–Kier alpha value is -1.14. The van der Waals surface area contributed by atoms with Crippen LogP contribution in [0.25, 0.3) is 0 Å². The number of hydrogen-bond donors (Lipinski definition) is 3. The maximum Gasteiger partial charge on any atom is 0.307 e. The zero-order valence-electron chi connectivity index (χ0n) is 12.2. The fraction of sp³-hybridized carbons (Fsp3) is 0.846. The van der Waals surface area contributed by atoms with E-state index in [1.165, 1.54) is 0 Å². The molecule has 0 radical (unpaired) electrons. The normalized spacial score (nSPS) is 15.9. The molecule has 0 saturated carbocycles. The lowest BCUT2D eigenvalue weighted by Crippen LogP contribution is -2.45. The molecular weight excluding hydrogens is 248 g/mol. The number of aliphatic hydroxyl groups is 1. The van der Waals surface area contributed by atoms with Crippen molar-refractivity contribution < 1.29 is 19.8 Å². The Morgan fingerprint density at radius 2 is 1.79 bits per heavy atom. The van der Waals surface area contributed by atoms with Crippen molar-refractivity contribution in [3.8, 4) is 0 Å². The standard InChI is InChI=1S/C13H26N2O4/c1-5-10(3)14-12(17)8-15(7-11(4)16)6-9(2)13(18)19/h9-11,16H,5-8H2,1-4H3,(H,14,17)(H,18,19). The number of carboxylic acid groups (broad SMARTS) is 1. The van der Waals surface area contributed by atoms with Gasteiger partial charge >= 0.3 is 5.97 Å². The van der Waals surface area contributed by atoms with Crippen LogP contribution in [0, 0.1) is 5.92 Å². The van der Waals surface area contributed by atoms with Gasteiger partial charge in [0.1, 0.15) is 0 Å². The minimum atomic E-state index is -0.905. The van der Waals surface area contributed by atoms with Gasteiger partial charge < -0.3 is 15.5 Å². The third-order valence-corrected chi connectivity index (χ3v) is 2.86. The fourth-order valence-corrected chi connectivity index (χ4v) is 1.67. The van der Waals surface area contributed by atoms with Crippen molar-refractivity contribution in [3.63, 3.8) is 0 Å². The summed E-state index contributed by atoms with van der Waals surface area (Å²) in [6, 6.07) is 0.0952. The van der Waals surface area contributed by atoms with Gasteiger partial charge in [0, 0.05) is 19.1 Å². The maximum atomic E-state index is 11.8. The lowest BCUT2D eigenvalue weighted by molar-refractivity contribution is -0.142. The molecule has 0 fully saturated rings. The molecule has 0 aromatic heterocycles. The highest BCUT2D eigenvalue weighted by molar-refractivity contribution is 5.78. The van der Waals surface area contributed by atoms with Gasteiger partial charge in [0.15, 0.2) is 0 Å². The molecule has 19 heavy (non-hydrogen) atoms. The molecule has 0 aliphatic rings. The third-order valence-electron chi connectivity index (χ3n) is 2.86. The zero-order valence-corrected chi connectivity index (χ0v) is 12.2. The summed E-state index contributed by atoms with van der Waals surface area (Å²) in [6.07, 6.45) is 0.241. The summed E-state index contributed by atoms with van der Waals surface area (Å²) in [5, 5.41) is 21.1. The molecule has 0 aromatic rings. The molecule has 0 saturated heterocycles. The fourth-order valence-electron chi connectivity index (χ4n) is 1.67. The van der Waals surface area contributed by atoms with Gasteiger partial charge in [-0.2, -0.15) is 0 Å². The van der Waals surface area contributed by atoms with Gasteiger partial charge in [-0.25, -0.2) is 0 Å². The Balaban J connectivity index is 4.41. The smallest absolute Gasteiger partial charge is 0.307 e. The van der Waals surface area contributed by atoms with E-state index >= 15 is 0 Å². The number of hydrogen-bond acceptors (Lipinski definition) is 4. The van der Waals surface area contributed by atoms with Crippen molar-refractivity contribution in [2.45, 2.75) is 46.3 Å². The molecule has 3 unspecified atom stereocenters. The lowest BCUT2D eigenvalue weighted by atomic mass is 10.1. The third kappa shape index (κ3) is 8.56. The molecule has 0 bridgehead atoms. The van der Waals surface area contributed by atoms with Crippen molar-refractivity contribution in [2.24, 2.45) is 5.92 Å². The van der Waals surface area contributed by atoms with Crippen molar-refractivity contribution in [2.75, 3.05) is 19.6 Å². The monoisotopic (exact) mass is 274 g/mol. The van der Waals surface area contributed by atoms with Gasteiger partial charge in [0.25, 0.3) is 0 Å². The molecule has 0 aliphatic carbocycles. The van der Waals surface area contributed by atoms with E-state index in [0.29, 0.717) is 0 Å². The second kappa shape index (κ2) is 8.87. The highest BCUT2D eigenvalue weighted by Gasteiger charge is 2.20. The van der Waals surface area contributed by atoms with Crippen molar-refractivity contribution in [1.29, 1.82) is 0 Å². The molecule has 0 heterocycles. The lowest BCUT2D eigenvalue weighted by Gasteiger charge is -2.25. The summed E-state index contributed by atoms with van der Waals surface area (Å²) < 4.78 is 0. The molecule has 6 nitrogen and oxygen atoms in total. The molecular formula is C13H26N2O4. The highest BCUT2D eigenvalue weighted by atomic mass is 16.4. The highest BCUT2D eigenvalue weighted by Crippen LogP contribution is 2.02. The van der Waals surface area contributed by atoms with Crippen molar-refractivity contribution >= 4 is 11.9 Å². The summed E-state index contributed by atoms with van der Waals surface area (Å²) in [5.41, 5.74) is 0. The van der Waals surface area contributed by atoms with E-state index in [2.05, 4.69) is 5.32 Å². The van der Waals surface area contributed by atoms with Crippen LogP contribution >= 0.6 is 0 Å². The van der Waals surface area contributed by atoms with E-state index < -0.39 is 18.0 Å². The number of nitrogens with zero attached hydrogens (tertiary/aromatic N) is 1. The first kappa shape index (κ1) is 17.9. The number of aliphatic hydroxyl groups excluding tert-OH is 1. The Kier molecular flexibility index (Phi) is 8.34. The summed E-state index contributed by atoms with van der Waals surface area (Å²) in [7, 11) is 0. The second-order valence-corrected chi connectivity index (χ2v) is 5.16. The average molecular weight is 274 g/mol. The van der Waals surface area contributed by atoms with Crippen LogP contribution in [0.1, 0.15) is 34.1 Å². The summed E-state index contributed by atoms with van der Waals surface area (Å²) in [4.78, 5) is 24.3. The first-order valence-corrected chi connectivity index (χ1v) is 6.68. The molecule has 3 N–H and O–H groups in total.